The van der Waals surface area contributed by atoms with Gasteiger partial charge in [-0.25, -0.2) is 0 Å². The largest absolute Gasteiger partial charge is 0.485 e. The van der Waals surface area contributed by atoms with Gasteiger partial charge in [0.2, 0.25) is 0 Å². The number of nitrogens with one attached hydrogen (secondary N) is 1. The molecule has 1 aliphatic heterocycles. The van der Waals surface area contributed by atoms with Crippen molar-refractivity contribution >= 4 is 11.4 Å². The first-order chi connectivity index (χ1) is 7.69. The Labute approximate surface area is 91.3 Å². The highest BCUT2D eigenvalue weighted by atomic mass is 16.6. The summed E-state index contributed by atoms with van der Waals surface area (Å²) in [5, 5.41) is 10.6. The summed E-state index contributed by atoms with van der Waals surface area (Å²) in [7, 11) is 0. The first kappa shape index (κ1) is 10.7. The summed E-state index contributed by atoms with van der Waals surface area (Å²) in [5.41, 5.74) is 2.73. The fourth-order valence-corrected chi connectivity index (χ4v) is 1.31. The van der Waals surface area contributed by atoms with Gasteiger partial charge in [-0.05, 0) is 0 Å². The van der Waals surface area contributed by atoms with Crippen molar-refractivity contribution in [1.82, 2.24) is 0 Å². The first-order valence-electron chi connectivity index (χ1n) is 4.69. The van der Waals surface area contributed by atoms with Gasteiger partial charge in [-0.15, -0.1) is 0 Å². The fraction of sp³-hybridized carbons (Fsp3) is 0.333. The van der Waals surface area contributed by atoms with Crippen molar-refractivity contribution in [1.29, 1.82) is 0 Å². The lowest BCUT2D eigenvalue weighted by Gasteiger charge is -2.26. The number of non-ortho nitro benzene ring substituents is 1. The number of ether oxygens (including phenoxy) is 2. The van der Waals surface area contributed by atoms with Gasteiger partial charge in [0.05, 0.1) is 29.9 Å². The molecule has 7 heteroatoms. The number of anilines is 1. The molecule has 0 saturated carbocycles. The van der Waals surface area contributed by atoms with Crippen LogP contribution in [0, 0.1) is 10.1 Å². The average molecular weight is 225 g/mol. The van der Waals surface area contributed by atoms with Crippen molar-refractivity contribution in [2.45, 2.75) is 6.10 Å². The number of nitro benzene ring substituents is 1. The highest BCUT2D eigenvalue weighted by Crippen LogP contribution is 2.27. The molecule has 2 rings (SSSR count). The molecule has 0 atom stereocenters. The third-order valence-corrected chi connectivity index (χ3v) is 2.18. The summed E-state index contributed by atoms with van der Waals surface area (Å²) in [6, 6.07) is 4.30. The van der Waals surface area contributed by atoms with E-state index in [2.05, 4.69) is 5.43 Å². The van der Waals surface area contributed by atoms with Crippen molar-refractivity contribution in [3.8, 4) is 5.75 Å². The zero-order valence-electron chi connectivity index (χ0n) is 8.38. The smallest absolute Gasteiger partial charge is 0.275 e. The molecule has 1 aromatic carbocycles. The summed E-state index contributed by atoms with van der Waals surface area (Å²) >= 11 is 0. The van der Waals surface area contributed by atoms with Crippen LogP contribution in [0.2, 0.25) is 0 Å². The molecule has 3 N–H and O–H groups in total. The van der Waals surface area contributed by atoms with Crippen LogP contribution in [-0.2, 0) is 4.74 Å². The molecular weight excluding hydrogens is 214 g/mol. The number of hydrogen-bond acceptors (Lipinski definition) is 6. The number of nitrogens with zero attached hydrogens (tertiary/aromatic N) is 1. The van der Waals surface area contributed by atoms with E-state index in [0.717, 1.165) is 0 Å². The maximum Gasteiger partial charge on any atom is 0.275 e. The summed E-state index contributed by atoms with van der Waals surface area (Å²) in [5.74, 6) is 5.62. The molecular formula is C9H11N3O4. The SMILES string of the molecule is NNc1cc(OC2COC2)cc([N+](=O)[O-])c1. The van der Waals surface area contributed by atoms with E-state index in [4.69, 9.17) is 15.3 Å². The molecule has 0 spiro atoms. The Morgan fingerprint density at radius 1 is 1.50 bits per heavy atom. The first-order valence-corrected chi connectivity index (χ1v) is 4.69. The van der Waals surface area contributed by atoms with Gasteiger partial charge >= 0.3 is 0 Å². The van der Waals surface area contributed by atoms with Crippen molar-refractivity contribution in [3.05, 3.63) is 28.3 Å². The molecule has 1 heterocycles. The molecule has 1 aromatic rings. The number of rotatable bonds is 4. The zero-order valence-corrected chi connectivity index (χ0v) is 8.38. The quantitative estimate of drug-likeness (QED) is 0.443. The minimum atomic E-state index is -0.495. The summed E-state index contributed by atoms with van der Waals surface area (Å²) in [4.78, 5) is 10.2. The molecule has 0 aliphatic carbocycles. The van der Waals surface area contributed by atoms with Crippen molar-refractivity contribution in [3.63, 3.8) is 0 Å². The van der Waals surface area contributed by atoms with Crippen molar-refractivity contribution < 1.29 is 14.4 Å². The molecule has 0 unspecified atom stereocenters. The number of hydrazine groups is 1. The molecule has 0 amide bonds. The van der Waals surface area contributed by atoms with Crippen LogP contribution in [0.5, 0.6) is 5.75 Å². The Bertz CT molecular complexity index is 406. The van der Waals surface area contributed by atoms with Crippen LogP contribution in [0.15, 0.2) is 18.2 Å². The van der Waals surface area contributed by atoms with Gasteiger partial charge in [0, 0.05) is 12.1 Å². The molecule has 1 fully saturated rings. The Morgan fingerprint density at radius 2 is 2.25 bits per heavy atom. The van der Waals surface area contributed by atoms with Crippen LogP contribution in [0.25, 0.3) is 0 Å². The lowest BCUT2D eigenvalue weighted by molar-refractivity contribution is -0.384. The number of hydrogen-bond donors (Lipinski definition) is 2. The van der Waals surface area contributed by atoms with E-state index in [1.54, 1.807) is 6.07 Å². The maximum absolute atomic E-state index is 10.6. The molecule has 0 radical (unpaired) electrons. The second-order valence-electron chi connectivity index (χ2n) is 3.39. The number of nitrogens with two attached hydrogens (primary N) is 1. The topological polar surface area (TPSA) is 99.7 Å². The van der Waals surface area contributed by atoms with Gasteiger partial charge < -0.3 is 14.9 Å². The van der Waals surface area contributed by atoms with E-state index < -0.39 is 4.92 Å². The molecule has 86 valence electrons. The van der Waals surface area contributed by atoms with Gasteiger partial charge in [0.1, 0.15) is 11.9 Å². The van der Waals surface area contributed by atoms with Crippen LogP contribution in [-0.4, -0.2) is 24.2 Å². The Morgan fingerprint density at radius 3 is 2.75 bits per heavy atom. The van der Waals surface area contributed by atoms with Crippen molar-refractivity contribution in [2.75, 3.05) is 18.6 Å². The standard InChI is InChI=1S/C9H11N3O4/c10-11-6-1-7(12(13)14)3-8(2-6)16-9-4-15-5-9/h1-3,9,11H,4-5,10H2. The molecule has 7 nitrogen and oxygen atoms in total. The van der Waals surface area contributed by atoms with Gasteiger partial charge in [0.15, 0.2) is 0 Å². The van der Waals surface area contributed by atoms with E-state index >= 15 is 0 Å². The minimum Gasteiger partial charge on any atom is -0.485 e. The van der Waals surface area contributed by atoms with E-state index in [-0.39, 0.29) is 11.8 Å². The zero-order chi connectivity index (χ0) is 11.5. The van der Waals surface area contributed by atoms with E-state index in [1.807, 2.05) is 0 Å². The van der Waals surface area contributed by atoms with Crippen LogP contribution in [0.4, 0.5) is 11.4 Å². The highest BCUT2D eigenvalue weighted by Gasteiger charge is 2.21. The van der Waals surface area contributed by atoms with Crippen LogP contribution >= 0.6 is 0 Å². The molecule has 1 saturated heterocycles. The Hall–Kier alpha value is -1.86. The monoisotopic (exact) mass is 225 g/mol. The summed E-state index contributed by atoms with van der Waals surface area (Å²) in [6.45, 7) is 1.02. The van der Waals surface area contributed by atoms with Gasteiger partial charge in [-0.1, -0.05) is 0 Å². The third-order valence-electron chi connectivity index (χ3n) is 2.18. The third kappa shape index (κ3) is 2.20. The Kier molecular flexibility index (Phi) is 2.88. The maximum atomic E-state index is 10.6. The van der Waals surface area contributed by atoms with Crippen molar-refractivity contribution in [2.24, 2.45) is 5.84 Å². The predicted molar refractivity (Wildman–Crippen MR) is 56.1 cm³/mol. The number of nitro groups is 1. The summed E-state index contributed by atoms with van der Waals surface area (Å²) in [6.07, 6.45) is -0.0346. The summed E-state index contributed by atoms with van der Waals surface area (Å²) < 4.78 is 10.4. The number of benzene rings is 1. The average Bonchev–Trinajstić information content (AvgIpc) is 2.23. The van der Waals surface area contributed by atoms with E-state index in [0.29, 0.717) is 24.7 Å². The minimum absolute atomic E-state index is 0.0346. The molecule has 0 bridgehead atoms. The van der Waals surface area contributed by atoms with Crippen LogP contribution in [0.3, 0.4) is 0 Å². The van der Waals surface area contributed by atoms with E-state index in [9.17, 15) is 10.1 Å². The van der Waals surface area contributed by atoms with Gasteiger partial charge in [0.25, 0.3) is 5.69 Å². The second kappa shape index (κ2) is 4.33. The lowest BCUT2D eigenvalue weighted by atomic mass is 10.2. The van der Waals surface area contributed by atoms with Crippen LogP contribution in [0.1, 0.15) is 0 Å². The van der Waals surface area contributed by atoms with E-state index in [1.165, 1.54) is 12.1 Å². The van der Waals surface area contributed by atoms with Gasteiger partial charge in [-0.3, -0.25) is 16.0 Å². The predicted octanol–water partition coefficient (Wildman–Crippen LogP) is 0.658. The second-order valence-corrected chi connectivity index (χ2v) is 3.39. The molecule has 0 aromatic heterocycles. The Balaban J connectivity index is 2.21. The molecule has 16 heavy (non-hydrogen) atoms. The fourth-order valence-electron chi connectivity index (χ4n) is 1.31. The van der Waals surface area contributed by atoms with Gasteiger partial charge in [-0.2, -0.15) is 0 Å². The highest BCUT2D eigenvalue weighted by molar-refractivity contribution is 5.55. The molecule has 1 aliphatic rings. The van der Waals surface area contributed by atoms with Crippen LogP contribution < -0.4 is 16.0 Å². The number of nitrogen functional groups attached to an aromatic ring is 1. The normalized spacial score (nSPS) is 15.3. The lowest BCUT2D eigenvalue weighted by Crippen LogP contribution is -2.38.